The van der Waals surface area contributed by atoms with Crippen molar-refractivity contribution in [3.8, 4) is 0 Å². The van der Waals surface area contributed by atoms with Gasteiger partial charge in [-0.1, -0.05) is 0 Å². The van der Waals surface area contributed by atoms with Gasteiger partial charge in [-0.3, -0.25) is 14.4 Å². The lowest BCUT2D eigenvalue weighted by Gasteiger charge is -2.17. The average Bonchev–Trinajstić information content (AvgIpc) is 2.77. The second-order valence-electron chi connectivity index (χ2n) is 4.78. The molecule has 0 fully saturated rings. The summed E-state index contributed by atoms with van der Waals surface area (Å²) >= 11 is 1.88. The highest BCUT2D eigenvalue weighted by molar-refractivity contribution is 14.1. The molecule has 2 N–H and O–H groups in total. The summed E-state index contributed by atoms with van der Waals surface area (Å²) in [5.41, 5.74) is 6.05. The largest absolute Gasteiger partial charge is 0.466 e. The van der Waals surface area contributed by atoms with Crippen LogP contribution in [-0.4, -0.2) is 34.9 Å². The van der Waals surface area contributed by atoms with Gasteiger partial charge in [0.25, 0.3) is 0 Å². The van der Waals surface area contributed by atoms with Gasteiger partial charge in [0.15, 0.2) is 5.82 Å². The number of nitrogens with zero attached hydrogens (tertiary/aromatic N) is 3. The molecule has 0 radical (unpaired) electrons. The molecular weight excluding hydrogens is 418 g/mol. The molecule has 0 bridgehead atoms. The third-order valence-corrected chi connectivity index (χ3v) is 4.07. The third-order valence-electron chi connectivity index (χ3n) is 3.24. The predicted octanol–water partition coefficient (Wildman–Crippen LogP) is 2.16. The van der Waals surface area contributed by atoms with E-state index in [0.717, 1.165) is 4.90 Å². The molecule has 7 nitrogen and oxygen atoms in total. The number of halogens is 2. The first-order chi connectivity index (χ1) is 10.8. The van der Waals surface area contributed by atoms with Gasteiger partial charge in [-0.05, 0) is 41.6 Å². The molecule has 2 amide bonds. The van der Waals surface area contributed by atoms with Crippen molar-refractivity contribution in [2.24, 2.45) is 12.8 Å². The maximum Gasteiger partial charge on any atom is 0.320 e. The van der Waals surface area contributed by atoms with Crippen molar-refractivity contribution in [1.82, 2.24) is 9.78 Å². The minimum atomic E-state index is -0.770. The molecule has 0 aliphatic rings. The van der Waals surface area contributed by atoms with Crippen molar-refractivity contribution in [1.29, 1.82) is 0 Å². The maximum atomic E-state index is 13.9. The van der Waals surface area contributed by atoms with Crippen LogP contribution in [0.15, 0.2) is 12.1 Å². The normalized spacial score (nSPS) is 10.8. The Morgan fingerprint density at radius 2 is 2.17 bits per heavy atom. The van der Waals surface area contributed by atoms with E-state index in [1.54, 1.807) is 20.0 Å². The summed E-state index contributed by atoms with van der Waals surface area (Å²) in [6, 6.07) is 2.17. The average molecular weight is 434 g/mol. The summed E-state index contributed by atoms with van der Waals surface area (Å²) in [4.78, 5) is 24.4. The van der Waals surface area contributed by atoms with Crippen molar-refractivity contribution in [2.45, 2.75) is 13.3 Å². The molecule has 9 heteroatoms. The Morgan fingerprint density at radius 1 is 1.48 bits per heavy atom. The smallest absolute Gasteiger partial charge is 0.320 e. The fourth-order valence-electron chi connectivity index (χ4n) is 2.19. The first kappa shape index (κ1) is 17.4. The topological polar surface area (TPSA) is 90.4 Å². The molecule has 0 aliphatic heterocycles. The zero-order valence-corrected chi connectivity index (χ0v) is 14.8. The number of fused-ring (bicyclic) bond motifs is 1. The van der Waals surface area contributed by atoms with Crippen molar-refractivity contribution >= 4 is 51.3 Å². The van der Waals surface area contributed by atoms with E-state index < -0.39 is 17.8 Å². The second kappa shape index (κ2) is 7.11. The zero-order chi connectivity index (χ0) is 17.1. The minimum Gasteiger partial charge on any atom is -0.466 e. The summed E-state index contributed by atoms with van der Waals surface area (Å²) in [5.74, 6) is -0.642. The van der Waals surface area contributed by atoms with Gasteiger partial charge in [-0.2, -0.15) is 5.10 Å². The first-order valence-corrected chi connectivity index (χ1v) is 7.97. The number of rotatable bonds is 5. The van der Waals surface area contributed by atoms with Gasteiger partial charge in [0.1, 0.15) is 5.82 Å². The van der Waals surface area contributed by atoms with E-state index in [-0.39, 0.29) is 25.4 Å². The van der Waals surface area contributed by atoms with Crippen LogP contribution in [0.5, 0.6) is 0 Å². The highest BCUT2D eigenvalue weighted by Gasteiger charge is 2.22. The van der Waals surface area contributed by atoms with Crippen molar-refractivity contribution in [3.63, 3.8) is 0 Å². The van der Waals surface area contributed by atoms with Gasteiger partial charge in [0.2, 0.25) is 0 Å². The number of carbonyl (C=O) groups excluding carboxylic acids is 2. The molecule has 0 saturated heterocycles. The quantitative estimate of drug-likeness (QED) is 0.577. The molecule has 1 aromatic carbocycles. The van der Waals surface area contributed by atoms with Crippen LogP contribution in [0.2, 0.25) is 0 Å². The molecule has 2 aromatic rings. The number of carbonyl (C=O) groups is 2. The van der Waals surface area contributed by atoms with E-state index in [4.69, 9.17) is 10.5 Å². The number of nitrogens with two attached hydrogens (primary N) is 1. The van der Waals surface area contributed by atoms with E-state index in [0.29, 0.717) is 14.5 Å². The number of aromatic nitrogens is 2. The van der Waals surface area contributed by atoms with Crippen LogP contribution in [-0.2, 0) is 16.6 Å². The van der Waals surface area contributed by atoms with Gasteiger partial charge in [0, 0.05) is 19.0 Å². The van der Waals surface area contributed by atoms with Crippen LogP contribution in [0.1, 0.15) is 13.3 Å². The Balaban J connectivity index is 2.40. The maximum absolute atomic E-state index is 13.9. The molecule has 124 valence electrons. The number of ether oxygens (including phenoxy) is 1. The summed E-state index contributed by atoms with van der Waals surface area (Å²) < 4.78 is 20.7. The van der Waals surface area contributed by atoms with E-state index in [9.17, 15) is 14.0 Å². The van der Waals surface area contributed by atoms with E-state index in [1.165, 1.54) is 10.7 Å². The van der Waals surface area contributed by atoms with Gasteiger partial charge in [0.05, 0.1) is 22.1 Å². The molecule has 0 aliphatic carbocycles. The Hall–Kier alpha value is -1.91. The summed E-state index contributed by atoms with van der Waals surface area (Å²) in [6.45, 7) is 1.96. The second-order valence-corrected chi connectivity index (χ2v) is 5.94. The number of primary amides is 1. The molecular formula is C14H16FIN4O3. The monoisotopic (exact) mass is 434 g/mol. The Kier molecular flexibility index (Phi) is 5.39. The lowest BCUT2D eigenvalue weighted by molar-refractivity contribution is -0.142. The SMILES string of the molecule is CCOC(=O)CCN(C(N)=O)c1nn(C)c2cc(I)c(F)cc12. The van der Waals surface area contributed by atoms with Crippen molar-refractivity contribution in [2.75, 3.05) is 18.1 Å². The number of hydrogen-bond acceptors (Lipinski definition) is 4. The van der Waals surface area contributed by atoms with Gasteiger partial charge in [-0.25, -0.2) is 9.18 Å². The van der Waals surface area contributed by atoms with Crippen molar-refractivity contribution in [3.05, 3.63) is 21.5 Å². The highest BCUT2D eigenvalue weighted by atomic mass is 127. The van der Waals surface area contributed by atoms with Gasteiger partial charge in [-0.15, -0.1) is 0 Å². The fraction of sp³-hybridized carbons (Fsp3) is 0.357. The van der Waals surface area contributed by atoms with E-state index in [2.05, 4.69) is 5.10 Å². The summed E-state index contributed by atoms with van der Waals surface area (Å²) in [6.07, 6.45) is -0.0261. The molecule has 23 heavy (non-hydrogen) atoms. The Labute approximate surface area is 145 Å². The molecule has 1 heterocycles. The summed E-state index contributed by atoms with van der Waals surface area (Å²) in [5, 5.41) is 4.69. The lowest BCUT2D eigenvalue weighted by Crippen LogP contribution is -2.38. The van der Waals surface area contributed by atoms with Gasteiger partial charge >= 0.3 is 12.0 Å². The molecule has 0 unspecified atom stereocenters. The van der Waals surface area contributed by atoms with Crippen LogP contribution >= 0.6 is 22.6 Å². The molecule has 1 aromatic heterocycles. The molecule has 0 saturated carbocycles. The number of amides is 2. The van der Waals surface area contributed by atoms with Gasteiger partial charge < -0.3 is 10.5 Å². The predicted molar refractivity (Wildman–Crippen MR) is 91.6 cm³/mol. The first-order valence-electron chi connectivity index (χ1n) is 6.89. The van der Waals surface area contributed by atoms with Crippen LogP contribution in [0.25, 0.3) is 10.9 Å². The van der Waals surface area contributed by atoms with Crippen LogP contribution in [0, 0.1) is 9.39 Å². The molecule has 0 spiro atoms. The number of benzene rings is 1. The number of anilines is 1. The Bertz CT molecular complexity index is 762. The highest BCUT2D eigenvalue weighted by Crippen LogP contribution is 2.29. The van der Waals surface area contributed by atoms with E-state index in [1.807, 2.05) is 22.6 Å². The number of hydrogen-bond donors (Lipinski definition) is 1. The number of aryl methyl sites for hydroxylation is 1. The zero-order valence-electron chi connectivity index (χ0n) is 12.7. The fourth-order valence-corrected chi connectivity index (χ4v) is 2.64. The molecule has 0 atom stereocenters. The van der Waals surface area contributed by atoms with Crippen LogP contribution in [0.4, 0.5) is 15.0 Å². The lowest BCUT2D eigenvalue weighted by atomic mass is 10.2. The molecule has 2 rings (SSSR count). The Morgan fingerprint density at radius 3 is 2.78 bits per heavy atom. The number of esters is 1. The minimum absolute atomic E-state index is 0.00782. The van der Waals surface area contributed by atoms with Crippen LogP contribution in [0.3, 0.4) is 0 Å². The van der Waals surface area contributed by atoms with Crippen molar-refractivity contribution < 1.29 is 18.7 Å². The standard InChI is InChI=1S/C14H16FIN4O3/c1-3-23-12(21)4-5-20(14(17)22)13-8-6-9(15)10(16)7-11(8)19(2)18-13/h6-7H,3-5H2,1-2H3,(H2,17,22). The van der Waals surface area contributed by atoms with E-state index >= 15 is 0 Å². The van der Waals surface area contributed by atoms with Crippen LogP contribution < -0.4 is 10.6 Å². The third kappa shape index (κ3) is 3.71. The summed E-state index contributed by atoms with van der Waals surface area (Å²) in [7, 11) is 1.68. The number of urea groups is 1.